The summed E-state index contributed by atoms with van der Waals surface area (Å²) in [6.45, 7) is 4.25. The SMILES string of the molecule is O=C(Cc1ccc(O)cc1)NCCCN1CCCCCC1. The van der Waals surface area contributed by atoms with Crippen LogP contribution in [-0.4, -0.2) is 42.1 Å². The van der Waals surface area contributed by atoms with E-state index in [1.165, 1.54) is 38.8 Å². The zero-order valence-electron chi connectivity index (χ0n) is 12.7. The first kappa shape index (κ1) is 15.8. The summed E-state index contributed by atoms with van der Waals surface area (Å²) < 4.78 is 0. The molecule has 1 aliphatic rings. The van der Waals surface area contributed by atoms with Crippen LogP contribution in [0.5, 0.6) is 5.75 Å². The molecule has 2 rings (SSSR count). The van der Waals surface area contributed by atoms with Gasteiger partial charge in [0.05, 0.1) is 6.42 Å². The Bertz CT molecular complexity index is 423. The van der Waals surface area contributed by atoms with Crippen LogP contribution in [0.25, 0.3) is 0 Å². The van der Waals surface area contributed by atoms with Crippen molar-refractivity contribution in [2.24, 2.45) is 0 Å². The van der Waals surface area contributed by atoms with Crippen molar-refractivity contribution in [2.75, 3.05) is 26.2 Å². The van der Waals surface area contributed by atoms with Crippen LogP contribution < -0.4 is 5.32 Å². The fourth-order valence-electron chi connectivity index (χ4n) is 2.75. The lowest BCUT2D eigenvalue weighted by molar-refractivity contribution is -0.120. The minimum absolute atomic E-state index is 0.0524. The summed E-state index contributed by atoms with van der Waals surface area (Å²) in [4.78, 5) is 14.3. The van der Waals surface area contributed by atoms with Crippen molar-refractivity contribution in [1.29, 1.82) is 0 Å². The van der Waals surface area contributed by atoms with Crippen LogP contribution in [0, 0.1) is 0 Å². The molecule has 116 valence electrons. The number of aromatic hydroxyl groups is 1. The van der Waals surface area contributed by atoms with Crippen LogP contribution in [0.1, 0.15) is 37.7 Å². The zero-order chi connectivity index (χ0) is 14.9. The highest BCUT2D eigenvalue weighted by Crippen LogP contribution is 2.10. The molecule has 21 heavy (non-hydrogen) atoms. The number of amides is 1. The number of phenols is 1. The van der Waals surface area contributed by atoms with E-state index in [1.54, 1.807) is 24.3 Å². The van der Waals surface area contributed by atoms with Crippen LogP contribution in [0.3, 0.4) is 0 Å². The Morgan fingerprint density at radius 3 is 2.43 bits per heavy atom. The van der Waals surface area contributed by atoms with Crippen LogP contribution >= 0.6 is 0 Å². The van der Waals surface area contributed by atoms with Crippen LogP contribution in [0.2, 0.25) is 0 Å². The van der Waals surface area contributed by atoms with Gasteiger partial charge in [-0.25, -0.2) is 0 Å². The fraction of sp³-hybridized carbons (Fsp3) is 0.588. The third kappa shape index (κ3) is 6.17. The van der Waals surface area contributed by atoms with E-state index in [0.29, 0.717) is 6.42 Å². The standard InChI is InChI=1S/C17H26N2O2/c20-16-8-6-15(7-9-16)14-17(21)18-10-5-13-19-11-3-1-2-4-12-19/h6-9,20H,1-5,10-14H2,(H,18,21). The lowest BCUT2D eigenvalue weighted by atomic mass is 10.1. The van der Waals surface area contributed by atoms with Gasteiger partial charge in [0.25, 0.3) is 0 Å². The number of carbonyl (C=O) groups is 1. The number of benzene rings is 1. The molecule has 4 heteroatoms. The second-order valence-electron chi connectivity index (χ2n) is 5.80. The van der Waals surface area contributed by atoms with Gasteiger partial charge in [0.2, 0.25) is 5.91 Å². The topological polar surface area (TPSA) is 52.6 Å². The number of carbonyl (C=O) groups excluding carboxylic acids is 1. The fourth-order valence-corrected chi connectivity index (χ4v) is 2.75. The van der Waals surface area contributed by atoms with Gasteiger partial charge in [0, 0.05) is 6.54 Å². The lowest BCUT2D eigenvalue weighted by Crippen LogP contribution is -2.31. The molecule has 4 nitrogen and oxygen atoms in total. The maximum Gasteiger partial charge on any atom is 0.224 e. The summed E-state index contributed by atoms with van der Waals surface area (Å²) in [5.74, 6) is 0.285. The predicted molar refractivity (Wildman–Crippen MR) is 84.3 cm³/mol. The average Bonchev–Trinajstić information content (AvgIpc) is 2.75. The van der Waals surface area contributed by atoms with E-state index < -0.39 is 0 Å². The summed E-state index contributed by atoms with van der Waals surface area (Å²) in [7, 11) is 0. The Morgan fingerprint density at radius 1 is 1.10 bits per heavy atom. The lowest BCUT2D eigenvalue weighted by Gasteiger charge is -2.19. The highest BCUT2D eigenvalue weighted by Gasteiger charge is 2.08. The number of nitrogens with zero attached hydrogens (tertiary/aromatic N) is 1. The van der Waals surface area contributed by atoms with Gasteiger partial charge in [-0.05, 0) is 56.6 Å². The van der Waals surface area contributed by atoms with E-state index in [9.17, 15) is 9.90 Å². The van der Waals surface area contributed by atoms with Gasteiger partial charge in [-0.3, -0.25) is 4.79 Å². The first-order chi connectivity index (χ1) is 10.2. The molecule has 0 atom stereocenters. The quantitative estimate of drug-likeness (QED) is 0.791. The predicted octanol–water partition coefficient (Wildman–Crippen LogP) is 2.32. The maximum absolute atomic E-state index is 11.8. The minimum Gasteiger partial charge on any atom is -0.508 e. The monoisotopic (exact) mass is 290 g/mol. The smallest absolute Gasteiger partial charge is 0.224 e. The summed E-state index contributed by atoms with van der Waals surface area (Å²) >= 11 is 0. The first-order valence-electron chi connectivity index (χ1n) is 8.01. The van der Waals surface area contributed by atoms with Gasteiger partial charge in [0.1, 0.15) is 5.75 Å². The molecule has 2 N–H and O–H groups in total. The van der Waals surface area contributed by atoms with E-state index in [-0.39, 0.29) is 11.7 Å². The Kier molecular flexibility index (Phi) is 6.54. The molecule has 1 amide bonds. The summed E-state index contributed by atoms with van der Waals surface area (Å²) in [5, 5.41) is 12.2. The Labute approximate surface area is 127 Å². The van der Waals surface area contributed by atoms with Crippen molar-refractivity contribution >= 4 is 5.91 Å². The van der Waals surface area contributed by atoms with Gasteiger partial charge >= 0.3 is 0 Å². The van der Waals surface area contributed by atoms with Gasteiger partial charge in [-0.1, -0.05) is 25.0 Å². The van der Waals surface area contributed by atoms with Gasteiger partial charge in [-0.15, -0.1) is 0 Å². The molecule has 0 saturated carbocycles. The molecule has 1 saturated heterocycles. The number of likely N-dealkylation sites (tertiary alicyclic amines) is 1. The van der Waals surface area contributed by atoms with Crippen molar-refractivity contribution in [2.45, 2.75) is 38.5 Å². The number of rotatable bonds is 6. The molecule has 0 bridgehead atoms. The molecule has 1 aliphatic heterocycles. The molecular formula is C17H26N2O2. The van der Waals surface area contributed by atoms with Crippen molar-refractivity contribution in [3.8, 4) is 5.75 Å². The maximum atomic E-state index is 11.8. The molecule has 0 unspecified atom stereocenters. The van der Waals surface area contributed by atoms with E-state index >= 15 is 0 Å². The molecule has 0 aliphatic carbocycles. The third-order valence-electron chi connectivity index (χ3n) is 3.97. The zero-order valence-corrected chi connectivity index (χ0v) is 12.7. The summed E-state index contributed by atoms with van der Waals surface area (Å²) in [6, 6.07) is 6.79. The van der Waals surface area contributed by atoms with E-state index in [2.05, 4.69) is 10.2 Å². The summed E-state index contributed by atoms with van der Waals surface area (Å²) in [6.07, 6.45) is 6.74. The van der Waals surface area contributed by atoms with Gasteiger partial charge < -0.3 is 15.3 Å². The van der Waals surface area contributed by atoms with E-state index in [1.807, 2.05) is 0 Å². The van der Waals surface area contributed by atoms with Crippen LogP contribution in [0.15, 0.2) is 24.3 Å². The second-order valence-corrected chi connectivity index (χ2v) is 5.80. The van der Waals surface area contributed by atoms with Crippen molar-refractivity contribution in [3.05, 3.63) is 29.8 Å². The minimum atomic E-state index is 0.0524. The van der Waals surface area contributed by atoms with Crippen LogP contribution in [0.4, 0.5) is 0 Å². The highest BCUT2D eigenvalue weighted by atomic mass is 16.3. The largest absolute Gasteiger partial charge is 0.508 e. The van der Waals surface area contributed by atoms with Crippen LogP contribution in [-0.2, 0) is 11.2 Å². The normalized spacial score (nSPS) is 16.4. The van der Waals surface area contributed by atoms with E-state index in [4.69, 9.17) is 0 Å². The molecule has 0 aromatic heterocycles. The summed E-state index contributed by atoms with van der Waals surface area (Å²) in [5.41, 5.74) is 0.929. The Hall–Kier alpha value is -1.55. The number of hydrogen-bond acceptors (Lipinski definition) is 3. The molecule has 1 aromatic carbocycles. The third-order valence-corrected chi connectivity index (χ3v) is 3.97. The number of phenolic OH excluding ortho intramolecular Hbond substituents is 1. The first-order valence-corrected chi connectivity index (χ1v) is 8.01. The number of nitrogens with one attached hydrogen (secondary N) is 1. The highest BCUT2D eigenvalue weighted by molar-refractivity contribution is 5.78. The molecule has 0 spiro atoms. The second kappa shape index (κ2) is 8.67. The van der Waals surface area contributed by atoms with Crippen molar-refractivity contribution in [3.63, 3.8) is 0 Å². The van der Waals surface area contributed by atoms with Crippen molar-refractivity contribution in [1.82, 2.24) is 10.2 Å². The Morgan fingerprint density at radius 2 is 1.76 bits per heavy atom. The molecular weight excluding hydrogens is 264 g/mol. The average molecular weight is 290 g/mol. The Balaban J connectivity index is 1.59. The molecule has 1 fully saturated rings. The molecule has 0 radical (unpaired) electrons. The van der Waals surface area contributed by atoms with E-state index in [0.717, 1.165) is 25.1 Å². The van der Waals surface area contributed by atoms with Gasteiger partial charge in [0.15, 0.2) is 0 Å². The van der Waals surface area contributed by atoms with Crippen molar-refractivity contribution < 1.29 is 9.90 Å². The molecule has 1 aromatic rings. The molecule has 1 heterocycles. The van der Waals surface area contributed by atoms with Gasteiger partial charge in [-0.2, -0.15) is 0 Å². The number of hydrogen-bond donors (Lipinski definition) is 2.